The van der Waals surface area contributed by atoms with Crippen molar-refractivity contribution in [3.05, 3.63) is 0 Å². The van der Waals surface area contributed by atoms with Crippen LogP contribution in [0.1, 0.15) is 0 Å². The highest BCUT2D eigenvalue weighted by atomic mass is 32.2. The summed E-state index contributed by atoms with van der Waals surface area (Å²) in [7, 11) is -16.5. The van der Waals surface area contributed by atoms with Crippen molar-refractivity contribution in [2.24, 2.45) is 5.90 Å². The Hall–Kier alpha value is -0.615. The first-order valence-electron chi connectivity index (χ1n) is 3.48. The SMILES string of the molecule is NOB(OS(=O)(=O)C(F)(F)F)OS(=O)(=O)C(F)(F)F. The Balaban J connectivity index is 5.12. The fourth-order valence-corrected chi connectivity index (χ4v) is 1.23. The second-order valence-corrected chi connectivity index (χ2v) is 5.54. The van der Waals surface area contributed by atoms with Crippen LogP contribution in [0.5, 0.6) is 0 Å². The lowest BCUT2D eigenvalue weighted by Gasteiger charge is -2.14. The number of rotatable bonds is 5. The van der Waals surface area contributed by atoms with Gasteiger partial charge in [-0.1, -0.05) is 0 Å². The van der Waals surface area contributed by atoms with E-state index in [9.17, 15) is 43.2 Å². The number of hydrogen-bond donors (Lipinski definition) is 1. The minimum absolute atomic E-state index is 2.88. The van der Waals surface area contributed by atoms with Crippen molar-refractivity contribution in [1.29, 1.82) is 0 Å². The summed E-state index contributed by atoms with van der Waals surface area (Å²) in [5.74, 6) is 4.06. The van der Waals surface area contributed by atoms with E-state index in [1.807, 2.05) is 0 Å². The predicted molar refractivity (Wildman–Crippen MR) is 43.1 cm³/mol. The van der Waals surface area contributed by atoms with E-state index in [1.54, 1.807) is 0 Å². The average molecular weight is 341 g/mol. The molecule has 0 aromatic carbocycles. The van der Waals surface area contributed by atoms with Crippen LogP contribution in [-0.4, -0.2) is 35.2 Å². The molecule has 0 unspecified atom stereocenters. The topological polar surface area (TPSA) is 122 Å². The molecule has 0 rings (SSSR count). The zero-order valence-electron chi connectivity index (χ0n) is 8.10. The normalized spacial score (nSPS) is 14.5. The van der Waals surface area contributed by atoms with E-state index in [2.05, 4.69) is 18.9 Å². The van der Waals surface area contributed by atoms with E-state index >= 15 is 0 Å². The van der Waals surface area contributed by atoms with Gasteiger partial charge in [0, 0.05) is 0 Å². The van der Waals surface area contributed by atoms with Gasteiger partial charge >= 0.3 is 38.6 Å². The number of alkyl halides is 6. The van der Waals surface area contributed by atoms with Gasteiger partial charge in [-0.05, 0) is 0 Å². The molecule has 0 saturated carbocycles. The summed E-state index contributed by atoms with van der Waals surface area (Å²) >= 11 is 0. The first-order valence-corrected chi connectivity index (χ1v) is 6.30. The monoisotopic (exact) mass is 341 g/mol. The molecule has 0 amide bonds. The molecule has 0 aliphatic rings. The second-order valence-electron chi connectivity index (χ2n) is 2.42. The van der Waals surface area contributed by atoms with E-state index in [0.717, 1.165) is 0 Å². The molecule has 0 fully saturated rings. The summed E-state index contributed by atoms with van der Waals surface area (Å²) in [6, 6.07) is 0. The van der Waals surface area contributed by atoms with Gasteiger partial charge in [-0.15, -0.1) is 0 Å². The van der Waals surface area contributed by atoms with Crippen LogP contribution >= 0.6 is 0 Å². The van der Waals surface area contributed by atoms with Gasteiger partial charge in [0.05, 0.1) is 0 Å². The van der Waals surface area contributed by atoms with Crippen LogP contribution in [-0.2, 0) is 33.2 Å². The van der Waals surface area contributed by atoms with Crippen LogP contribution < -0.4 is 5.90 Å². The van der Waals surface area contributed by atoms with E-state index in [-0.39, 0.29) is 0 Å². The van der Waals surface area contributed by atoms with E-state index < -0.39 is 38.6 Å². The molecule has 0 radical (unpaired) electrons. The third-order valence-electron chi connectivity index (χ3n) is 1.09. The molecular weight excluding hydrogens is 339 g/mol. The zero-order chi connectivity index (χ0) is 15.7. The largest absolute Gasteiger partial charge is 0.687 e. The van der Waals surface area contributed by atoms with Gasteiger partial charge < -0.3 is 4.76 Å². The first-order chi connectivity index (χ1) is 8.14. The Morgan fingerprint density at radius 3 is 1.21 bits per heavy atom. The maximum atomic E-state index is 11.8. The van der Waals surface area contributed by atoms with Crippen molar-refractivity contribution in [2.75, 3.05) is 0 Å². The predicted octanol–water partition coefficient (Wildman–Crippen LogP) is -0.406. The van der Waals surface area contributed by atoms with Crippen molar-refractivity contribution < 1.29 is 56.1 Å². The lowest BCUT2D eigenvalue weighted by Crippen LogP contribution is -2.41. The molecule has 0 aliphatic carbocycles. The molecule has 0 aromatic heterocycles. The van der Waals surface area contributed by atoms with Gasteiger partial charge in [-0.2, -0.15) is 43.2 Å². The molecule has 17 heteroatoms. The average Bonchev–Trinajstić information content (AvgIpc) is 2.12. The Labute approximate surface area is 101 Å². The summed E-state index contributed by atoms with van der Waals surface area (Å²) in [4.78, 5) is 0. The van der Waals surface area contributed by atoms with Gasteiger partial charge in [0.15, 0.2) is 0 Å². The molecule has 19 heavy (non-hydrogen) atoms. The van der Waals surface area contributed by atoms with Gasteiger partial charge in [0.25, 0.3) is 0 Å². The van der Waals surface area contributed by atoms with Crippen LogP contribution in [0.3, 0.4) is 0 Å². The summed E-state index contributed by atoms with van der Waals surface area (Å²) in [5, 5.41) is 0. The maximum absolute atomic E-state index is 11.8. The number of halogens is 6. The minimum Gasteiger partial charge on any atom is -0.302 e. The van der Waals surface area contributed by atoms with Gasteiger partial charge in [-0.3, -0.25) is 8.20 Å². The molecule has 0 saturated heterocycles. The molecule has 0 aliphatic heterocycles. The third-order valence-corrected chi connectivity index (χ3v) is 3.04. The van der Waals surface area contributed by atoms with Crippen molar-refractivity contribution in [2.45, 2.75) is 11.0 Å². The van der Waals surface area contributed by atoms with Crippen LogP contribution in [0.15, 0.2) is 0 Å². The van der Waals surface area contributed by atoms with Crippen LogP contribution in [0.2, 0.25) is 0 Å². The molecule has 0 heterocycles. The van der Waals surface area contributed by atoms with Crippen LogP contribution in [0.25, 0.3) is 0 Å². The smallest absolute Gasteiger partial charge is 0.302 e. The Kier molecular flexibility index (Phi) is 5.23. The van der Waals surface area contributed by atoms with E-state index in [1.165, 1.54) is 0 Å². The first kappa shape index (κ1) is 18.4. The highest BCUT2D eigenvalue weighted by molar-refractivity contribution is 7.89. The Morgan fingerprint density at radius 1 is 0.789 bits per heavy atom. The number of nitrogens with two attached hydrogens (primary N) is 1. The van der Waals surface area contributed by atoms with Gasteiger partial charge in [0.1, 0.15) is 0 Å². The molecule has 114 valence electrons. The summed E-state index contributed by atoms with van der Waals surface area (Å²) < 4.78 is 121. The summed E-state index contributed by atoms with van der Waals surface area (Å²) in [6.45, 7) is 0. The molecule has 0 bridgehead atoms. The molecule has 0 atom stereocenters. The highest BCUT2D eigenvalue weighted by Gasteiger charge is 2.55. The highest BCUT2D eigenvalue weighted by Crippen LogP contribution is 2.28. The maximum Gasteiger partial charge on any atom is 0.687 e. The van der Waals surface area contributed by atoms with Crippen molar-refractivity contribution in [3.63, 3.8) is 0 Å². The summed E-state index contributed by atoms with van der Waals surface area (Å²) in [6.07, 6.45) is 0. The molecule has 0 aromatic rings. The molecular formula is C2H2BF6NO7S2. The third kappa shape index (κ3) is 4.77. The van der Waals surface area contributed by atoms with E-state index in [4.69, 9.17) is 0 Å². The van der Waals surface area contributed by atoms with Crippen LogP contribution in [0.4, 0.5) is 26.3 Å². The minimum atomic E-state index is -6.49. The summed E-state index contributed by atoms with van der Waals surface area (Å²) in [5.41, 5.74) is -12.1. The standard InChI is InChI=1S/C2H2BF6NO7S2/c4-1(5,6)18(11,12)16-3(15-10)17-19(13,14)2(7,8)9/h10H2. The Morgan fingerprint density at radius 2 is 1.05 bits per heavy atom. The number of hydrogen-bond acceptors (Lipinski definition) is 8. The van der Waals surface area contributed by atoms with Crippen LogP contribution in [0, 0.1) is 0 Å². The quantitative estimate of drug-likeness (QED) is 0.310. The van der Waals surface area contributed by atoms with Gasteiger partial charge in [0.2, 0.25) is 0 Å². The Bertz CT molecular complexity index is 461. The lowest BCUT2D eigenvalue weighted by atomic mass is 10.3. The fourth-order valence-electron chi connectivity index (χ4n) is 0.377. The zero-order valence-corrected chi connectivity index (χ0v) is 9.73. The molecule has 2 N–H and O–H groups in total. The lowest BCUT2D eigenvalue weighted by molar-refractivity contribution is -0.0546. The fraction of sp³-hybridized carbons (Fsp3) is 1.00. The molecule has 0 spiro atoms. The molecule has 8 nitrogen and oxygen atoms in total. The van der Waals surface area contributed by atoms with E-state index in [0.29, 0.717) is 0 Å². The second kappa shape index (κ2) is 5.41. The van der Waals surface area contributed by atoms with Gasteiger partial charge in [-0.25, -0.2) is 5.90 Å². The van der Waals surface area contributed by atoms with Crippen molar-refractivity contribution >= 4 is 27.6 Å². The van der Waals surface area contributed by atoms with Crippen molar-refractivity contribution in [3.8, 4) is 0 Å². The van der Waals surface area contributed by atoms with Crippen molar-refractivity contribution in [1.82, 2.24) is 0 Å².